The molecule has 0 atom stereocenters. The van der Waals surface area contributed by atoms with E-state index >= 15 is 0 Å². The van der Waals surface area contributed by atoms with Crippen molar-refractivity contribution >= 4 is 40.3 Å². The molecule has 1 N–H and O–H groups in total. The van der Waals surface area contributed by atoms with Crippen molar-refractivity contribution in [2.75, 3.05) is 12.4 Å². The van der Waals surface area contributed by atoms with Gasteiger partial charge >= 0.3 is 0 Å². The third kappa shape index (κ3) is 6.11. The minimum Gasteiger partial charge on any atom is -0.493 e. The summed E-state index contributed by atoms with van der Waals surface area (Å²) in [4.78, 5) is 12.7. The highest BCUT2D eigenvalue weighted by molar-refractivity contribution is 14.1. The molecule has 0 heterocycles. The number of nitrogens with one attached hydrogen (secondary N) is 1. The summed E-state index contributed by atoms with van der Waals surface area (Å²) in [5, 5.41) is 12.4. The van der Waals surface area contributed by atoms with Crippen LogP contribution in [-0.2, 0) is 11.4 Å². The molecule has 0 saturated heterocycles. The standard InChI is InChI=1S/C26H23IN2O3/c1-17-4-5-18(2)23(12-17)29-26(30)21(15-28)13-20-8-11-24(25(14-20)31-3)32-16-19-6-9-22(27)10-7-19/h4-14H,16H2,1-3H3,(H,29,30)/b21-13+. The van der Waals surface area contributed by atoms with Crippen LogP contribution in [0.4, 0.5) is 5.69 Å². The van der Waals surface area contributed by atoms with Gasteiger partial charge in [0.25, 0.3) is 5.91 Å². The van der Waals surface area contributed by atoms with Crippen molar-refractivity contribution in [1.82, 2.24) is 0 Å². The molecule has 0 aliphatic rings. The van der Waals surface area contributed by atoms with Crippen molar-refractivity contribution in [2.24, 2.45) is 0 Å². The zero-order valence-corrected chi connectivity index (χ0v) is 20.3. The van der Waals surface area contributed by atoms with Crippen molar-refractivity contribution in [3.8, 4) is 17.6 Å². The van der Waals surface area contributed by atoms with Crippen molar-refractivity contribution in [3.63, 3.8) is 0 Å². The molecule has 0 aliphatic heterocycles. The molecule has 3 rings (SSSR count). The SMILES string of the molecule is COc1cc(/C=C(\C#N)C(=O)Nc2cc(C)ccc2C)ccc1OCc1ccc(I)cc1. The first-order valence-electron chi connectivity index (χ1n) is 9.95. The number of methoxy groups -OCH3 is 1. The molecule has 3 aromatic carbocycles. The van der Waals surface area contributed by atoms with Crippen LogP contribution >= 0.6 is 22.6 Å². The van der Waals surface area contributed by atoms with Gasteiger partial charge < -0.3 is 14.8 Å². The number of hydrogen-bond donors (Lipinski definition) is 1. The fourth-order valence-electron chi connectivity index (χ4n) is 3.01. The van der Waals surface area contributed by atoms with E-state index in [1.165, 1.54) is 6.08 Å². The van der Waals surface area contributed by atoms with Crippen LogP contribution in [0, 0.1) is 28.7 Å². The van der Waals surface area contributed by atoms with Crippen LogP contribution in [0.1, 0.15) is 22.3 Å². The summed E-state index contributed by atoms with van der Waals surface area (Å²) >= 11 is 2.26. The molecule has 0 unspecified atom stereocenters. The summed E-state index contributed by atoms with van der Waals surface area (Å²) in [6.45, 7) is 4.26. The molecule has 3 aromatic rings. The Morgan fingerprint density at radius 1 is 1.06 bits per heavy atom. The Bertz CT molecular complexity index is 1190. The number of amides is 1. The maximum atomic E-state index is 12.7. The zero-order valence-electron chi connectivity index (χ0n) is 18.1. The summed E-state index contributed by atoms with van der Waals surface area (Å²) < 4.78 is 12.5. The van der Waals surface area contributed by atoms with Crippen LogP contribution in [0.3, 0.4) is 0 Å². The second-order valence-corrected chi connectivity index (χ2v) is 8.51. The summed E-state index contributed by atoms with van der Waals surface area (Å²) in [5.41, 5.74) is 4.35. The molecule has 0 aliphatic carbocycles. The van der Waals surface area contributed by atoms with Gasteiger partial charge in [-0.2, -0.15) is 5.26 Å². The average Bonchev–Trinajstić information content (AvgIpc) is 2.79. The van der Waals surface area contributed by atoms with E-state index in [4.69, 9.17) is 9.47 Å². The van der Waals surface area contributed by atoms with Crippen LogP contribution in [0.2, 0.25) is 0 Å². The highest BCUT2D eigenvalue weighted by atomic mass is 127. The third-order valence-electron chi connectivity index (χ3n) is 4.81. The molecule has 1 amide bonds. The molecule has 0 spiro atoms. The fourth-order valence-corrected chi connectivity index (χ4v) is 3.37. The molecule has 0 radical (unpaired) electrons. The number of rotatable bonds is 7. The molecule has 0 fully saturated rings. The molecule has 6 heteroatoms. The quantitative estimate of drug-likeness (QED) is 0.226. The average molecular weight is 538 g/mol. The van der Waals surface area contributed by atoms with Crippen LogP contribution < -0.4 is 14.8 Å². The number of anilines is 1. The molecule has 162 valence electrons. The fraction of sp³-hybridized carbons (Fsp3) is 0.154. The Morgan fingerprint density at radius 3 is 2.50 bits per heavy atom. The Balaban J connectivity index is 1.76. The Hall–Kier alpha value is -3.31. The van der Waals surface area contributed by atoms with Gasteiger partial charge in [-0.25, -0.2) is 0 Å². The minimum atomic E-state index is -0.459. The van der Waals surface area contributed by atoms with Gasteiger partial charge in [-0.3, -0.25) is 4.79 Å². The molecule has 0 bridgehead atoms. The largest absolute Gasteiger partial charge is 0.493 e. The second-order valence-electron chi connectivity index (χ2n) is 7.27. The van der Waals surface area contributed by atoms with Crippen LogP contribution in [0.25, 0.3) is 6.08 Å². The number of ether oxygens (including phenoxy) is 2. The number of benzene rings is 3. The van der Waals surface area contributed by atoms with E-state index in [2.05, 4.69) is 27.9 Å². The monoisotopic (exact) mass is 538 g/mol. The van der Waals surface area contributed by atoms with Gasteiger partial charge in [0.1, 0.15) is 18.2 Å². The van der Waals surface area contributed by atoms with Gasteiger partial charge in [0.15, 0.2) is 11.5 Å². The van der Waals surface area contributed by atoms with Crippen LogP contribution in [0.5, 0.6) is 11.5 Å². The maximum Gasteiger partial charge on any atom is 0.266 e. The van der Waals surface area contributed by atoms with E-state index in [0.717, 1.165) is 20.3 Å². The van der Waals surface area contributed by atoms with Gasteiger partial charge in [-0.15, -0.1) is 0 Å². The number of nitriles is 1. The molecule has 32 heavy (non-hydrogen) atoms. The van der Waals surface area contributed by atoms with E-state index in [9.17, 15) is 10.1 Å². The smallest absolute Gasteiger partial charge is 0.266 e. The van der Waals surface area contributed by atoms with Crippen molar-refractivity contribution in [3.05, 3.63) is 92.1 Å². The lowest BCUT2D eigenvalue weighted by Gasteiger charge is -2.12. The maximum absolute atomic E-state index is 12.7. The summed E-state index contributed by atoms with van der Waals surface area (Å²) in [5.74, 6) is 0.650. The first-order chi connectivity index (χ1) is 15.4. The van der Waals surface area contributed by atoms with Gasteiger partial charge in [0, 0.05) is 9.26 Å². The molecular weight excluding hydrogens is 515 g/mol. The predicted molar refractivity (Wildman–Crippen MR) is 135 cm³/mol. The lowest BCUT2D eigenvalue weighted by atomic mass is 10.1. The highest BCUT2D eigenvalue weighted by Crippen LogP contribution is 2.30. The van der Waals surface area contributed by atoms with Crippen molar-refractivity contribution < 1.29 is 14.3 Å². The second kappa shape index (κ2) is 10.8. The third-order valence-corrected chi connectivity index (χ3v) is 5.53. The first-order valence-corrected chi connectivity index (χ1v) is 11.0. The Morgan fingerprint density at radius 2 is 1.81 bits per heavy atom. The first kappa shape index (κ1) is 23.4. The summed E-state index contributed by atoms with van der Waals surface area (Å²) in [6.07, 6.45) is 1.53. The molecular formula is C26H23IN2O3. The van der Waals surface area contributed by atoms with Crippen molar-refractivity contribution in [1.29, 1.82) is 5.26 Å². The van der Waals surface area contributed by atoms with Crippen molar-refractivity contribution in [2.45, 2.75) is 20.5 Å². The summed E-state index contributed by atoms with van der Waals surface area (Å²) in [7, 11) is 1.55. The highest BCUT2D eigenvalue weighted by Gasteiger charge is 2.12. The zero-order chi connectivity index (χ0) is 23.1. The van der Waals surface area contributed by atoms with E-state index in [0.29, 0.717) is 29.4 Å². The van der Waals surface area contributed by atoms with Gasteiger partial charge in [0.2, 0.25) is 0 Å². The number of hydrogen-bond acceptors (Lipinski definition) is 4. The molecule has 5 nitrogen and oxygen atoms in total. The topological polar surface area (TPSA) is 71.3 Å². The van der Waals surface area contributed by atoms with E-state index < -0.39 is 5.91 Å². The van der Waals surface area contributed by atoms with E-state index in [1.807, 2.05) is 62.4 Å². The summed E-state index contributed by atoms with van der Waals surface area (Å²) in [6, 6.07) is 21.1. The predicted octanol–water partition coefficient (Wildman–Crippen LogP) is 6.04. The minimum absolute atomic E-state index is 0.000478. The number of carbonyl (C=O) groups excluding carboxylic acids is 1. The van der Waals surface area contributed by atoms with Gasteiger partial charge in [0.05, 0.1) is 7.11 Å². The molecule has 0 aromatic heterocycles. The van der Waals surface area contributed by atoms with Gasteiger partial charge in [-0.1, -0.05) is 30.3 Å². The lowest BCUT2D eigenvalue weighted by molar-refractivity contribution is -0.112. The Kier molecular flexibility index (Phi) is 7.90. The van der Waals surface area contributed by atoms with E-state index in [1.54, 1.807) is 25.3 Å². The number of carbonyl (C=O) groups is 1. The van der Waals surface area contributed by atoms with Gasteiger partial charge in [-0.05, 0) is 95.1 Å². The lowest BCUT2D eigenvalue weighted by Crippen LogP contribution is -2.14. The van der Waals surface area contributed by atoms with E-state index in [-0.39, 0.29) is 5.57 Å². The normalized spacial score (nSPS) is 10.9. The number of aryl methyl sites for hydroxylation is 2. The van der Waals surface area contributed by atoms with Crippen LogP contribution in [0.15, 0.2) is 66.2 Å². The Labute approximate surface area is 201 Å². The number of nitrogens with zero attached hydrogens (tertiary/aromatic N) is 1. The number of halogens is 1. The van der Waals surface area contributed by atoms with Crippen LogP contribution in [-0.4, -0.2) is 13.0 Å². The molecule has 0 saturated carbocycles.